The first-order valence-corrected chi connectivity index (χ1v) is 9.93. The number of fused-ring (bicyclic) bond motifs is 1. The first-order chi connectivity index (χ1) is 14.5. The molecule has 0 bridgehead atoms. The molecule has 2 aromatic carbocycles. The van der Waals surface area contributed by atoms with Gasteiger partial charge >= 0.3 is 5.91 Å². The molecule has 2 aliphatic rings. The third-order valence-corrected chi connectivity index (χ3v) is 5.68. The fourth-order valence-corrected chi connectivity index (χ4v) is 4.20. The third-order valence-electron chi connectivity index (χ3n) is 5.68. The molecule has 1 aliphatic heterocycles. The number of aromatic hydroxyl groups is 2. The molecule has 2 aromatic rings. The molecule has 1 heterocycles. The molecule has 0 radical (unpaired) electrons. The Morgan fingerprint density at radius 2 is 1.83 bits per heavy atom. The van der Waals surface area contributed by atoms with Gasteiger partial charge in [-0.2, -0.15) is 5.10 Å². The third kappa shape index (κ3) is 4.05. The molecular formula is C23H23N3O4. The molecule has 0 atom stereocenters. The van der Waals surface area contributed by atoms with Gasteiger partial charge in [0.1, 0.15) is 0 Å². The molecule has 1 amide bonds. The van der Waals surface area contributed by atoms with Crippen LogP contribution in [0.2, 0.25) is 0 Å². The quantitative estimate of drug-likeness (QED) is 0.205. The van der Waals surface area contributed by atoms with E-state index in [-0.39, 0.29) is 17.0 Å². The van der Waals surface area contributed by atoms with Crippen LogP contribution in [0.4, 0.5) is 0 Å². The van der Waals surface area contributed by atoms with Crippen molar-refractivity contribution in [1.82, 2.24) is 10.7 Å². The van der Waals surface area contributed by atoms with Crippen LogP contribution in [0.25, 0.3) is 5.70 Å². The van der Waals surface area contributed by atoms with Gasteiger partial charge in [-0.05, 0) is 48.6 Å². The summed E-state index contributed by atoms with van der Waals surface area (Å²) in [6.07, 6.45) is 7.93. The van der Waals surface area contributed by atoms with Crippen LogP contribution in [0.3, 0.4) is 0 Å². The van der Waals surface area contributed by atoms with Gasteiger partial charge in [-0.15, -0.1) is 0 Å². The van der Waals surface area contributed by atoms with Gasteiger partial charge in [-0.25, -0.2) is 5.43 Å². The number of ketones is 1. The average Bonchev–Trinajstić information content (AvgIpc) is 3.17. The fourth-order valence-electron chi connectivity index (χ4n) is 4.20. The maximum Gasteiger partial charge on any atom is 0.311 e. The topological polar surface area (TPSA) is 111 Å². The standard InChI is InChI=1S/C23H23N3O4/c27-19-8-7-15(11-20(19)28)14-24-26-22(30)21(29)12-18-17-6-2-1-5-16(17)13-23(25-18)9-3-4-10-23/h1-2,5-8,11-12,14,25,27-28H,3-4,9-10,13H2,(H,26,30)/b18-12-,24-14?. The normalized spacial score (nSPS) is 18.3. The lowest BCUT2D eigenvalue weighted by Crippen LogP contribution is -2.47. The molecule has 1 aliphatic carbocycles. The van der Waals surface area contributed by atoms with Gasteiger partial charge in [0.05, 0.1) is 6.21 Å². The van der Waals surface area contributed by atoms with E-state index in [0.717, 1.165) is 37.7 Å². The number of phenolic OH excluding ortho intramolecular Hbond substituents is 2. The van der Waals surface area contributed by atoms with Gasteiger partial charge in [-0.1, -0.05) is 37.1 Å². The molecule has 4 rings (SSSR count). The van der Waals surface area contributed by atoms with Gasteiger partial charge in [0.2, 0.25) is 5.78 Å². The molecule has 7 nitrogen and oxygen atoms in total. The number of nitrogens with zero attached hydrogens (tertiary/aromatic N) is 1. The molecule has 0 saturated heterocycles. The van der Waals surface area contributed by atoms with Crippen molar-refractivity contribution < 1.29 is 19.8 Å². The van der Waals surface area contributed by atoms with Crippen LogP contribution < -0.4 is 10.7 Å². The Balaban J connectivity index is 1.49. The molecule has 0 aromatic heterocycles. The molecule has 1 saturated carbocycles. The van der Waals surface area contributed by atoms with E-state index in [9.17, 15) is 19.8 Å². The monoisotopic (exact) mass is 405 g/mol. The summed E-state index contributed by atoms with van der Waals surface area (Å²) in [4.78, 5) is 24.7. The number of rotatable bonds is 4. The SMILES string of the molecule is O=C(/C=C1\NC2(CCCC2)Cc2ccccc21)C(=O)NN=Cc1ccc(O)c(O)c1. The highest BCUT2D eigenvalue weighted by molar-refractivity contribution is 6.41. The number of hydrogen-bond donors (Lipinski definition) is 4. The molecule has 154 valence electrons. The van der Waals surface area contributed by atoms with Crippen LogP contribution in [0.1, 0.15) is 42.4 Å². The minimum Gasteiger partial charge on any atom is -0.504 e. The number of carbonyl (C=O) groups is 2. The summed E-state index contributed by atoms with van der Waals surface area (Å²) in [6.45, 7) is 0. The predicted molar refractivity (Wildman–Crippen MR) is 113 cm³/mol. The highest BCUT2D eigenvalue weighted by Crippen LogP contribution is 2.39. The predicted octanol–water partition coefficient (Wildman–Crippen LogP) is 2.62. The van der Waals surface area contributed by atoms with Crippen molar-refractivity contribution >= 4 is 23.6 Å². The maximum atomic E-state index is 12.5. The second-order valence-corrected chi connectivity index (χ2v) is 7.82. The van der Waals surface area contributed by atoms with Crippen molar-refractivity contribution in [3.63, 3.8) is 0 Å². The number of hydrogen-bond acceptors (Lipinski definition) is 6. The average molecular weight is 405 g/mol. The van der Waals surface area contributed by atoms with Crippen LogP contribution in [-0.4, -0.2) is 33.7 Å². The number of hydrazone groups is 1. The Morgan fingerprint density at radius 1 is 1.07 bits per heavy atom. The van der Waals surface area contributed by atoms with Crippen molar-refractivity contribution in [3.05, 3.63) is 65.2 Å². The zero-order valence-corrected chi connectivity index (χ0v) is 16.4. The van der Waals surface area contributed by atoms with Crippen molar-refractivity contribution in [2.45, 2.75) is 37.6 Å². The van der Waals surface area contributed by atoms with Crippen molar-refractivity contribution in [2.24, 2.45) is 5.10 Å². The molecule has 4 N–H and O–H groups in total. The van der Waals surface area contributed by atoms with Crippen LogP contribution in [0, 0.1) is 0 Å². The highest BCUT2D eigenvalue weighted by atomic mass is 16.3. The number of amides is 1. The summed E-state index contributed by atoms with van der Waals surface area (Å²) in [7, 11) is 0. The van der Waals surface area contributed by atoms with E-state index in [1.807, 2.05) is 18.2 Å². The van der Waals surface area contributed by atoms with E-state index in [2.05, 4.69) is 21.9 Å². The lowest BCUT2D eigenvalue weighted by molar-refractivity contribution is -0.135. The van der Waals surface area contributed by atoms with Gasteiger partial charge in [0.25, 0.3) is 0 Å². The Morgan fingerprint density at radius 3 is 2.60 bits per heavy atom. The summed E-state index contributed by atoms with van der Waals surface area (Å²) in [5.41, 5.74) is 5.42. The Hall–Kier alpha value is -3.61. The highest BCUT2D eigenvalue weighted by Gasteiger charge is 2.38. The number of phenols is 2. The fraction of sp³-hybridized carbons (Fsp3) is 0.261. The van der Waals surface area contributed by atoms with E-state index in [1.165, 1.54) is 36.1 Å². The lowest BCUT2D eigenvalue weighted by atomic mass is 9.82. The zero-order valence-electron chi connectivity index (χ0n) is 16.4. The van der Waals surface area contributed by atoms with E-state index >= 15 is 0 Å². The summed E-state index contributed by atoms with van der Waals surface area (Å²) >= 11 is 0. The van der Waals surface area contributed by atoms with E-state index in [1.54, 1.807) is 0 Å². The van der Waals surface area contributed by atoms with Gasteiger partial charge < -0.3 is 15.5 Å². The van der Waals surface area contributed by atoms with Gasteiger partial charge in [0, 0.05) is 22.9 Å². The molecule has 7 heteroatoms. The number of benzene rings is 2. The van der Waals surface area contributed by atoms with Crippen LogP contribution in [0.15, 0.2) is 53.6 Å². The van der Waals surface area contributed by atoms with Crippen molar-refractivity contribution in [1.29, 1.82) is 0 Å². The van der Waals surface area contributed by atoms with Gasteiger partial charge in [-0.3, -0.25) is 9.59 Å². The smallest absolute Gasteiger partial charge is 0.311 e. The molecular weight excluding hydrogens is 382 g/mol. The van der Waals surface area contributed by atoms with Crippen molar-refractivity contribution in [2.75, 3.05) is 0 Å². The second kappa shape index (κ2) is 8.02. The first kappa shape index (κ1) is 19.7. The van der Waals surface area contributed by atoms with Crippen molar-refractivity contribution in [3.8, 4) is 11.5 Å². The van der Waals surface area contributed by atoms with E-state index < -0.39 is 11.7 Å². The molecule has 1 spiro atoms. The van der Waals surface area contributed by atoms with Crippen LogP contribution >= 0.6 is 0 Å². The maximum absolute atomic E-state index is 12.5. The number of carbonyl (C=O) groups excluding carboxylic acids is 2. The Labute approximate surface area is 174 Å². The lowest BCUT2D eigenvalue weighted by Gasteiger charge is -2.38. The summed E-state index contributed by atoms with van der Waals surface area (Å²) in [5, 5.41) is 26.1. The van der Waals surface area contributed by atoms with E-state index in [4.69, 9.17) is 0 Å². The van der Waals surface area contributed by atoms with E-state index in [0.29, 0.717) is 11.3 Å². The number of nitrogens with one attached hydrogen (secondary N) is 2. The zero-order chi connectivity index (χ0) is 21.1. The van der Waals surface area contributed by atoms with Crippen LogP contribution in [-0.2, 0) is 16.0 Å². The molecule has 30 heavy (non-hydrogen) atoms. The minimum atomic E-state index is -0.855. The van der Waals surface area contributed by atoms with Crippen LogP contribution in [0.5, 0.6) is 11.5 Å². The Kier molecular flexibility index (Phi) is 5.27. The summed E-state index contributed by atoms with van der Waals surface area (Å²) < 4.78 is 0. The Bertz CT molecular complexity index is 1050. The molecule has 1 fully saturated rings. The van der Waals surface area contributed by atoms with Gasteiger partial charge in [0.15, 0.2) is 11.5 Å². The summed E-state index contributed by atoms with van der Waals surface area (Å²) in [6, 6.07) is 12.1. The summed E-state index contributed by atoms with van der Waals surface area (Å²) in [5.74, 6) is -2.10. The molecule has 0 unspecified atom stereocenters. The largest absolute Gasteiger partial charge is 0.504 e. The second-order valence-electron chi connectivity index (χ2n) is 7.82. The minimum absolute atomic E-state index is 0.0457. The first-order valence-electron chi connectivity index (χ1n) is 9.93.